The summed E-state index contributed by atoms with van der Waals surface area (Å²) in [6, 6.07) is 25.6. The van der Waals surface area contributed by atoms with Gasteiger partial charge in [-0.15, -0.1) is 0 Å². The minimum Gasteiger partial charge on any atom is -0.353 e. The number of nitrogens with zero attached hydrogens (tertiary/aromatic N) is 4. The Balaban J connectivity index is 1.38. The van der Waals surface area contributed by atoms with E-state index < -0.39 is 0 Å². The average Bonchev–Trinajstić information content (AvgIpc) is 3.15. The molecule has 3 aromatic rings. The molecular weight excluding hydrogens is 362 g/mol. The van der Waals surface area contributed by atoms with Crippen LogP contribution in [0, 0.1) is 0 Å². The maximum atomic E-state index is 13.3. The molecule has 0 aliphatic carbocycles. The summed E-state index contributed by atoms with van der Waals surface area (Å²) in [6.07, 6.45) is 3.82. The molecule has 0 atom stereocenters. The van der Waals surface area contributed by atoms with Gasteiger partial charge in [-0.05, 0) is 35.4 Å². The van der Waals surface area contributed by atoms with E-state index in [0.29, 0.717) is 18.8 Å². The first-order valence-electron chi connectivity index (χ1n) is 9.52. The maximum absolute atomic E-state index is 13.3. The lowest BCUT2D eigenvalue weighted by molar-refractivity contribution is 0.0913. The zero-order valence-corrected chi connectivity index (χ0v) is 15.8. The molecular formula is C23H20N5O. The number of carbonyl (C=O) groups is 1. The summed E-state index contributed by atoms with van der Waals surface area (Å²) in [6.45, 7) is 1.01. The Hall–Kier alpha value is -3.77. The fourth-order valence-corrected chi connectivity index (χ4v) is 3.57. The summed E-state index contributed by atoms with van der Waals surface area (Å²) >= 11 is 0. The van der Waals surface area contributed by atoms with Crippen LogP contribution in [-0.2, 0) is 6.54 Å². The Morgan fingerprint density at radius 1 is 0.759 bits per heavy atom. The lowest BCUT2D eigenvalue weighted by Gasteiger charge is -2.28. The monoisotopic (exact) mass is 382 g/mol. The highest BCUT2D eigenvalue weighted by Gasteiger charge is 2.28. The number of hydrogen-bond donors (Lipinski definition) is 1. The van der Waals surface area contributed by atoms with Crippen molar-refractivity contribution in [3.8, 4) is 0 Å². The molecule has 0 aromatic heterocycles. The molecule has 0 saturated heterocycles. The summed E-state index contributed by atoms with van der Waals surface area (Å²) in [7, 11) is 0. The third-order valence-corrected chi connectivity index (χ3v) is 4.98. The summed E-state index contributed by atoms with van der Waals surface area (Å²) < 4.78 is 0. The van der Waals surface area contributed by atoms with Gasteiger partial charge in [0.1, 0.15) is 6.67 Å². The van der Waals surface area contributed by atoms with Crippen molar-refractivity contribution in [3.63, 3.8) is 0 Å². The standard InChI is InChI=1S/C23H20N5O/c29-23-19-10-4-5-11-20(19)24-21-12-6-7-13-22(21)28(23)17-27-15-14-26(25-27)16-18-8-2-1-3-9-18/h1-15,24H,16-17H2. The van der Waals surface area contributed by atoms with Gasteiger partial charge in [0.05, 0.1) is 29.2 Å². The fourth-order valence-electron chi connectivity index (χ4n) is 3.57. The molecule has 2 heterocycles. The van der Waals surface area contributed by atoms with Crippen LogP contribution in [0.3, 0.4) is 0 Å². The van der Waals surface area contributed by atoms with Gasteiger partial charge in [-0.3, -0.25) is 19.7 Å². The number of nitrogens with one attached hydrogen (secondary N) is 1. The maximum Gasteiger partial charge on any atom is 0.261 e. The van der Waals surface area contributed by atoms with E-state index in [0.717, 1.165) is 17.1 Å². The fraction of sp³-hybridized carbons (Fsp3) is 0.0870. The summed E-state index contributed by atoms with van der Waals surface area (Å²) in [5, 5.41) is 7.04. The smallest absolute Gasteiger partial charge is 0.261 e. The molecule has 1 radical (unpaired) electrons. The minimum atomic E-state index is -0.0526. The summed E-state index contributed by atoms with van der Waals surface area (Å²) in [4.78, 5) is 15.1. The van der Waals surface area contributed by atoms with Crippen molar-refractivity contribution in [2.24, 2.45) is 0 Å². The van der Waals surface area contributed by atoms with Gasteiger partial charge < -0.3 is 5.32 Å². The minimum absolute atomic E-state index is 0.0526. The Bertz CT molecular complexity index is 1070. The van der Waals surface area contributed by atoms with Gasteiger partial charge in [0.2, 0.25) is 0 Å². The molecule has 143 valence electrons. The lowest BCUT2D eigenvalue weighted by Crippen LogP contribution is -2.43. The van der Waals surface area contributed by atoms with Crippen molar-refractivity contribution in [3.05, 3.63) is 102 Å². The Morgan fingerprint density at radius 2 is 1.45 bits per heavy atom. The number of benzene rings is 3. The zero-order valence-electron chi connectivity index (χ0n) is 15.8. The van der Waals surface area contributed by atoms with Crippen molar-refractivity contribution in [2.75, 3.05) is 16.9 Å². The zero-order chi connectivity index (χ0) is 19.6. The summed E-state index contributed by atoms with van der Waals surface area (Å²) in [5.41, 5.74) is 8.98. The number of hydrogen-bond acceptors (Lipinski definition) is 4. The van der Waals surface area contributed by atoms with Gasteiger partial charge in [-0.1, -0.05) is 54.6 Å². The Morgan fingerprint density at radius 3 is 2.31 bits per heavy atom. The Kier molecular flexibility index (Phi) is 4.38. The van der Waals surface area contributed by atoms with E-state index in [-0.39, 0.29) is 5.91 Å². The Labute approximate surface area is 169 Å². The van der Waals surface area contributed by atoms with Gasteiger partial charge in [-0.25, -0.2) is 0 Å². The molecule has 29 heavy (non-hydrogen) atoms. The number of para-hydroxylation sites is 3. The third kappa shape index (κ3) is 3.41. The topological polar surface area (TPSA) is 52.9 Å². The number of rotatable bonds is 4. The second-order valence-corrected chi connectivity index (χ2v) is 6.97. The number of amides is 1. The van der Waals surface area contributed by atoms with Gasteiger partial charge in [-0.2, -0.15) is 0 Å². The van der Waals surface area contributed by atoms with E-state index >= 15 is 0 Å². The molecule has 6 heteroatoms. The van der Waals surface area contributed by atoms with E-state index in [2.05, 4.69) is 23.0 Å². The van der Waals surface area contributed by atoms with Crippen molar-refractivity contribution in [2.45, 2.75) is 6.54 Å². The van der Waals surface area contributed by atoms with E-state index in [1.165, 1.54) is 5.56 Å². The highest BCUT2D eigenvalue weighted by Crippen LogP contribution is 2.35. The molecule has 0 bridgehead atoms. The summed E-state index contributed by atoms with van der Waals surface area (Å²) in [5.74, 6) is -0.0526. The van der Waals surface area contributed by atoms with Crippen LogP contribution in [0.25, 0.3) is 0 Å². The first-order chi connectivity index (χ1) is 14.3. The van der Waals surface area contributed by atoms with Gasteiger partial charge in [0.25, 0.3) is 5.91 Å². The van der Waals surface area contributed by atoms with Gasteiger partial charge >= 0.3 is 0 Å². The van der Waals surface area contributed by atoms with E-state index in [4.69, 9.17) is 0 Å². The van der Waals surface area contributed by atoms with Crippen LogP contribution in [0.1, 0.15) is 15.9 Å². The van der Waals surface area contributed by atoms with Crippen molar-refractivity contribution < 1.29 is 4.79 Å². The van der Waals surface area contributed by atoms with Crippen LogP contribution in [0.5, 0.6) is 0 Å². The molecule has 2 aliphatic heterocycles. The van der Waals surface area contributed by atoms with Gasteiger partial charge in [0, 0.05) is 12.4 Å². The van der Waals surface area contributed by atoms with Crippen molar-refractivity contribution in [1.82, 2.24) is 15.6 Å². The van der Waals surface area contributed by atoms with Gasteiger partial charge in [0.15, 0.2) is 0 Å². The highest BCUT2D eigenvalue weighted by molar-refractivity contribution is 6.13. The molecule has 3 aromatic carbocycles. The van der Waals surface area contributed by atoms with E-state index in [1.54, 1.807) is 9.91 Å². The van der Waals surface area contributed by atoms with Crippen LogP contribution in [0.4, 0.5) is 17.1 Å². The predicted octanol–water partition coefficient (Wildman–Crippen LogP) is 4.07. The third-order valence-electron chi connectivity index (χ3n) is 4.98. The predicted molar refractivity (Wildman–Crippen MR) is 113 cm³/mol. The molecule has 0 saturated carbocycles. The van der Waals surface area contributed by atoms with Crippen molar-refractivity contribution >= 4 is 23.0 Å². The van der Waals surface area contributed by atoms with Crippen LogP contribution in [-0.4, -0.2) is 22.6 Å². The van der Waals surface area contributed by atoms with E-state index in [9.17, 15) is 4.79 Å². The SMILES string of the molecule is O=C1c2ccccc2Nc2ccccc2N1CN1C=CN(Cc2ccccc2)[N]1. The highest BCUT2D eigenvalue weighted by atomic mass is 16.2. The first kappa shape index (κ1) is 17.3. The normalized spacial score (nSPS) is 15.0. The van der Waals surface area contributed by atoms with Crippen LogP contribution < -0.4 is 15.8 Å². The van der Waals surface area contributed by atoms with Crippen molar-refractivity contribution in [1.29, 1.82) is 0 Å². The number of anilines is 3. The second kappa shape index (κ2) is 7.33. The molecule has 6 nitrogen and oxygen atoms in total. The van der Waals surface area contributed by atoms with Crippen LogP contribution in [0.15, 0.2) is 91.3 Å². The number of carbonyl (C=O) groups excluding carboxylic acids is 1. The lowest BCUT2D eigenvalue weighted by atomic mass is 10.1. The largest absolute Gasteiger partial charge is 0.353 e. The average molecular weight is 382 g/mol. The first-order valence-corrected chi connectivity index (χ1v) is 9.52. The molecule has 0 spiro atoms. The van der Waals surface area contributed by atoms with Crippen LogP contribution in [0.2, 0.25) is 0 Å². The molecule has 2 aliphatic rings. The molecule has 1 amide bonds. The molecule has 0 fully saturated rings. The molecule has 0 unspecified atom stereocenters. The quantitative estimate of drug-likeness (QED) is 0.739. The number of fused-ring (bicyclic) bond motifs is 2. The van der Waals surface area contributed by atoms with E-state index in [1.807, 2.05) is 84.1 Å². The van der Waals surface area contributed by atoms with Crippen LogP contribution >= 0.6 is 0 Å². The molecule has 1 N–H and O–H groups in total. The second-order valence-electron chi connectivity index (χ2n) is 6.97. The molecule has 5 rings (SSSR count).